The molecule has 0 aliphatic carbocycles. The van der Waals surface area contributed by atoms with Crippen LogP contribution < -0.4 is 4.74 Å². The summed E-state index contributed by atoms with van der Waals surface area (Å²) in [6, 6.07) is 10.6. The normalized spacial score (nSPS) is 16.7. The highest BCUT2D eigenvalue weighted by Gasteiger charge is 2.28. The van der Waals surface area contributed by atoms with E-state index in [4.69, 9.17) is 16.3 Å². The third-order valence-corrected chi connectivity index (χ3v) is 3.48. The molecule has 2 N–H and O–H groups in total. The van der Waals surface area contributed by atoms with E-state index in [0.717, 1.165) is 0 Å². The SMILES string of the molecule is OCc1c(Cl)ccc2c1C(O)c1ccccc1O2. The first-order chi connectivity index (χ1) is 8.72. The molecule has 3 rings (SSSR count). The van der Waals surface area contributed by atoms with Gasteiger partial charge in [0.2, 0.25) is 0 Å². The number of aliphatic hydroxyl groups is 2. The third-order valence-electron chi connectivity index (χ3n) is 3.12. The summed E-state index contributed by atoms with van der Waals surface area (Å²) in [6.07, 6.45) is -0.828. The fourth-order valence-corrected chi connectivity index (χ4v) is 2.46. The number of halogens is 1. The Bertz CT molecular complexity index is 610. The number of rotatable bonds is 1. The Hall–Kier alpha value is -1.55. The van der Waals surface area contributed by atoms with Crippen LogP contribution >= 0.6 is 11.6 Å². The second kappa shape index (κ2) is 4.28. The van der Waals surface area contributed by atoms with Crippen molar-refractivity contribution in [1.29, 1.82) is 0 Å². The fraction of sp³-hybridized carbons (Fsp3) is 0.143. The van der Waals surface area contributed by atoms with Crippen molar-refractivity contribution in [2.24, 2.45) is 0 Å². The Morgan fingerprint density at radius 1 is 1.11 bits per heavy atom. The molecule has 2 aromatic carbocycles. The van der Waals surface area contributed by atoms with Gasteiger partial charge in [0.05, 0.1) is 6.61 Å². The highest BCUT2D eigenvalue weighted by atomic mass is 35.5. The molecule has 4 heteroatoms. The molecule has 18 heavy (non-hydrogen) atoms. The lowest BCUT2D eigenvalue weighted by Gasteiger charge is -2.27. The highest BCUT2D eigenvalue weighted by molar-refractivity contribution is 6.31. The average Bonchev–Trinajstić information content (AvgIpc) is 2.40. The molecule has 0 aromatic heterocycles. The van der Waals surface area contributed by atoms with E-state index in [1.807, 2.05) is 12.1 Å². The zero-order valence-electron chi connectivity index (χ0n) is 9.43. The number of hydrogen-bond acceptors (Lipinski definition) is 3. The lowest BCUT2D eigenvalue weighted by molar-refractivity contribution is 0.196. The maximum absolute atomic E-state index is 10.4. The molecule has 0 spiro atoms. The zero-order valence-corrected chi connectivity index (χ0v) is 10.2. The largest absolute Gasteiger partial charge is 0.457 e. The molecule has 0 saturated heterocycles. The van der Waals surface area contributed by atoms with Gasteiger partial charge < -0.3 is 14.9 Å². The van der Waals surface area contributed by atoms with Gasteiger partial charge >= 0.3 is 0 Å². The van der Waals surface area contributed by atoms with Gasteiger partial charge in [-0.05, 0) is 18.2 Å². The predicted molar refractivity (Wildman–Crippen MR) is 68.0 cm³/mol. The van der Waals surface area contributed by atoms with Crippen molar-refractivity contribution in [2.75, 3.05) is 0 Å². The highest BCUT2D eigenvalue weighted by Crippen LogP contribution is 2.45. The van der Waals surface area contributed by atoms with Crippen LogP contribution in [-0.2, 0) is 6.61 Å². The summed E-state index contributed by atoms with van der Waals surface area (Å²) < 4.78 is 5.72. The van der Waals surface area contributed by atoms with Crippen molar-refractivity contribution in [2.45, 2.75) is 12.7 Å². The predicted octanol–water partition coefficient (Wildman–Crippen LogP) is 3.02. The van der Waals surface area contributed by atoms with Crippen molar-refractivity contribution < 1.29 is 14.9 Å². The summed E-state index contributed by atoms with van der Waals surface area (Å²) >= 11 is 6.03. The molecule has 0 amide bonds. The molecule has 1 heterocycles. The van der Waals surface area contributed by atoms with Gasteiger partial charge in [-0.25, -0.2) is 0 Å². The molecule has 0 fully saturated rings. The summed E-state index contributed by atoms with van der Waals surface area (Å²) in [6.45, 7) is -0.232. The van der Waals surface area contributed by atoms with E-state index in [-0.39, 0.29) is 6.61 Å². The van der Waals surface area contributed by atoms with Gasteiger partial charge in [-0.2, -0.15) is 0 Å². The van der Waals surface area contributed by atoms with E-state index >= 15 is 0 Å². The molecule has 3 nitrogen and oxygen atoms in total. The number of ether oxygens (including phenoxy) is 1. The Labute approximate surface area is 109 Å². The molecule has 0 saturated carbocycles. The van der Waals surface area contributed by atoms with Crippen molar-refractivity contribution in [3.63, 3.8) is 0 Å². The van der Waals surface area contributed by atoms with Crippen molar-refractivity contribution in [3.05, 3.63) is 58.1 Å². The van der Waals surface area contributed by atoms with Gasteiger partial charge in [-0.3, -0.25) is 0 Å². The van der Waals surface area contributed by atoms with Crippen molar-refractivity contribution >= 4 is 11.6 Å². The molecule has 1 atom stereocenters. The van der Waals surface area contributed by atoms with Crippen LogP contribution in [0.25, 0.3) is 0 Å². The number of fused-ring (bicyclic) bond motifs is 2. The van der Waals surface area contributed by atoms with E-state index in [9.17, 15) is 10.2 Å². The van der Waals surface area contributed by atoms with Crippen LogP contribution in [0.4, 0.5) is 0 Å². The monoisotopic (exact) mass is 262 g/mol. The molecule has 1 aliphatic heterocycles. The van der Waals surface area contributed by atoms with Crippen LogP contribution in [-0.4, -0.2) is 10.2 Å². The molecular formula is C14H11ClO3. The standard InChI is InChI=1S/C14H11ClO3/c15-10-5-6-12-13(9(10)7-16)14(17)8-3-1-2-4-11(8)18-12/h1-6,14,16-17H,7H2. The molecule has 1 unspecified atom stereocenters. The maximum atomic E-state index is 10.4. The van der Waals surface area contributed by atoms with Crippen LogP contribution in [0.2, 0.25) is 5.02 Å². The molecule has 2 aromatic rings. The van der Waals surface area contributed by atoms with Crippen LogP contribution in [0, 0.1) is 0 Å². The van der Waals surface area contributed by atoms with E-state index in [2.05, 4.69) is 0 Å². The third kappa shape index (κ3) is 1.60. The number of hydrogen-bond donors (Lipinski definition) is 2. The topological polar surface area (TPSA) is 49.7 Å². The number of para-hydroxylation sites is 1. The Morgan fingerprint density at radius 2 is 1.89 bits per heavy atom. The van der Waals surface area contributed by atoms with Gasteiger partial charge in [0.1, 0.15) is 17.6 Å². The average molecular weight is 263 g/mol. The lowest BCUT2D eigenvalue weighted by atomic mass is 9.93. The lowest BCUT2D eigenvalue weighted by Crippen LogP contribution is -2.12. The molecule has 1 aliphatic rings. The summed E-state index contributed by atoms with van der Waals surface area (Å²) in [7, 11) is 0. The molecule has 0 bridgehead atoms. The number of benzene rings is 2. The van der Waals surface area contributed by atoms with Crippen molar-refractivity contribution in [1.82, 2.24) is 0 Å². The van der Waals surface area contributed by atoms with Crippen LogP contribution in [0.5, 0.6) is 11.5 Å². The Kier molecular flexibility index (Phi) is 2.74. The smallest absolute Gasteiger partial charge is 0.134 e. The van der Waals surface area contributed by atoms with E-state index in [0.29, 0.717) is 33.2 Å². The second-order valence-electron chi connectivity index (χ2n) is 4.14. The zero-order chi connectivity index (χ0) is 12.7. The van der Waals surface area contributed by atoms with Crippen LogP contribution in [0.1, 0.15) is 22.8 Å². The summed E-state index contributed by atoms with van der Waals surface area (Å²) in [5.41, 5.74) is 1.74. The fourth-order valence-electron chi connectivity index (χ4n) is 2.24. The van der Waals surface area contributed by atoms with Crippen LogP contribution in [0.15, 0.2) is 36.4 Å². The second-order valence-corrected chi connectivity index (χ2v) is 4.55. The quantitative estimate of drug-likeness (QED) is 0.831. The minimum absolute atomic E-state index is 0.232. The number of aliphatic hydroxyl groups excluding tert-OH is 2. The first-order valence-corrected chi connectivity index (χ1v) is 5.97. The summed E-state index contributed by atoms with van der Waals surface area (Å²) in [4.78, 5) is 0. The summed E-state index contributed by atoms with van der Waals surface area (Å²) in [5, 5.41) is 20.2. The first kappa shape index (κ1) is 11.5. The van der Waals surface area contributed by atoms with Gasteiger partial charge in [-0.1, -0.05) is 29.8 Å². The summed E-state index contributed by atoms with van der Waals surface area (Å²) in [5.74, 6) is 1.17. The molecule has 92 valence electrons. The van der Waals surface area contributed by atoms with Gasteiger partial charge in [0.25, 0.3) is 0 Å². The minimum Gasteiger partial charge on any atom is -0.457 e. The molecule has 0 radical (unpaired) electrons. The van der Waals surface area contributed by atoms with E-state index in [1.165, 1.54) is 0 Å². The van der Waals surface area contributed by atoms with Gasteiger partial charge in [-0.15, -0.1) is 0 Å². The Morgan fingerprint density at radius 3 is 2.67 bits per heavy atom. The Balaban J connectivity index is 2.23. The van der Waals surface area contributed by atoms with Crippen LogP contribution in [0.3, 0.4) is 0 Å². The molecular weight excluding hydrogens is 252 g/mol. The van der Waals surface area contributed by atoms with Gasteiger partial charge in [0, 0.05) is 21.7 Å². The first-order valence-electron chi connectivity index (χ1n) is 5.59. The maximum Gasteiger partial charge on any atom is 0.134 e. The van der Waals surface area contributed by atoms with E-state index < -0.39 is 6.10 Å². The van der Waals surface area contributed by atoms with Gasteiger partial charge in [0.15, 0.2) is 0 Å². The minimum atomic E-state index is -0.828. The van der Waals surface area contributed by atoms with E-state index in [1.54, 1.807) is 24.3 Å². The van der Waals surface area contributed by atoms with Crippen molar-refractivity contribution in [3.8, 4) is 11.5 Å².